The summed E-state index contributed by atoms with van der Waals surface area (Å²) in [6.07, 6.45) is 5.78. The molecule has 1 aliphatic carbocycles. The molecule has 8 nitrogen and oxygen atoms in total. The van der Waals surface area contributed by atoms with Crippen LogP contribution in [0.4, 0.5) is 5.82 Å². The van der Waals surface area contributed by atoms with E-state index in [1.54, 1.807) is 0 Å². The number of hydrogen-bond acceptors (Lipinski definition) is 6. The molecule has 1 aromatic carbocycles. The SMILES string of the molecule is Cc1c(C#N)c(NC(=O)CSc2nnc(C3CCCCC3)n2N)n(-c2ccccc2)c1C. The Morgan fingerprint density at radius 2 is 1.94 bits per heavy atom. The summed E-state index contributed by atoms with van der Waals surface area (Å²) in [7, 11) is 0. The van der Waals surface area contributed by atoms with E-state index in [0.717, 1.165) is 35.6 Å². The molecule has 0 radical (unpaired) electrons. The Hall–Kier alpha value is -3.25. The van der Waals surface area contributed by atoms with Crippen LogP contribution in [0.5, 0.6) is 0 Å². The van der Waals surface area contributed by atoms with Crippen molar-refractivity contribution >= 4 is 23.5 Å². The lowest BCUT2D eigenvalue weighted by atomic mass is 9.89. The Labute approximate surface area is 191 Å². The maximum Gasteiger partial charge on any atom is 0.236 e. The van der Waals surface area contributed by atoms with E-state index < -0.39 is 0 Å². The summed E-state index contributed by atoms with van der Waals surface area (Å²) in [5.74, 6) is 7.73. The van der Waals surface area contributed by atoms with Gasteiger partial charge < -0.3 is 11.2 Å². The lowest BCUT2D eigenvalue weighted by Gasteiger charge is -2.20. The van der Waals surface area contributed by atoms with E-state index in [1.165, 1.54) is 35.7 Å². The van der Waals surface area contributed by atoms with Gasteiger partial charge in [-0.3, -0.25) is 9.36 Å². The van der Waals surface area contributed by atoms with Crippen molar-refractivity contribution in [1.82, 2.24) is 19.4 Å². The number of nitrogens with zero attached hydrogens (tertiary/aromatic N) is 5. The summed E-state index contributed by atoms with van der Waals surface area (Å²) in [4.78, 5) is 12.8. The zero-order chi connectivity index (χ0) is 22.7. The van der Waals surface area contributed by atoms with Gasteiger partial charge in [0.2, 0.25) is 11.1 Å². The van der Waals surface area contributed by atoms with Gasteiger partial charge in [0.25, 0.3) is 0 Å². The van der Waals surface area contributed by atoms with Crippen LogP contribution in [0.2, 0.25) is 0 Å². The maximum absolute atomic E-state index is 12.8. The maximum atomic E-state index is 12.8. The molecule has 0 spiro atoms. The fraction of sp³-hybridized carbons (Fsp3) is 0.391. The molecule has 0 aliphatic heterocycles. The van der Waals surface area contributed by atoms with Crippen molar-refractivity contribution in [2.75, 3.05) is 16.9 Å². The molecule has 0 atom stereocenters. The number of nitriles is 1. The van der Waals surface area contributed by atoms with E-state index in [0.29, 0.717) is 22.5 Å². The van der Waals surface area contributed by atoms with E-state index in [4.69, 9.17) is 5.84 Å². The fourth-order valence-corrected chi connectivity index (χ4v) is 4.95. The first kappa shape index (κ1) is 22.0. The van der Waals surface area contributed by atoms with Crippen LogP contribution in [0.25, 0.3) is 5.69 Å². The highest BCUT2D eigenvalue weighted by atomic mass is 32.2. The third-order valence-corrected chi connectivity index (χ3v) is 7.03. The molecule has 1 fully saturated rings. The van der Waals surface area contributed by atoms with Crippen LogP contribution in [0.15, 0.2) is 35.5 Å². The molecular formula is C23H27N7OS. The third-order valence-electron chi connectivity index (χ3n) is 6.09. The quantitative estimate of drug-likeness (QED) is 0.433. The molecule has 1 aliphatic rings. The first-order valence-corrected chi connectivity index (χ1v) is 11.8. The molecular weight excluding hydrogens is 422 g/mol. The minimum Gasteiger partial charge on any atom is -0.336 e. The molecule has 0 saturated heterocycles. The van der Waals surface area contributed by atoms with Crippen LogP contribution in [-0.2, 0) is 4.79 Å². The normalized spacial score (nSPS) is 14.3. The fourth-order valence-electron chi connectivity index (χ4n) is 4.28. The molecule has 4 rings (SSSR count). The van der Waals surface area contributed by atoms with E-state index in [-0.39, 0.29) is 11.7 Å². The molecule has 3 N–H and O–H groups in total. The smallest absolute Gasteiger partial charge is 0.236 e. The minimum atomic E-state index is -0.233. The molecule has 0 bridgehead atoms. The van der Waals surface area contributed by atoms with Crippen molar-refractivity contribution in [3.05, 3.63) is 53.0 Å². The van der Waals surface area contributed by atoms with Crippen molar-refractivity contribution in [2.45, 2.75) is 57.0 Å². The lowest BCUT2D eigenvalue weighted by molar-refractivity contribution is -0.113. The van der Waals surface area contributed by atoms with Gasteiger partial charge in [-0.1, -0.05) is 49.2 Å². The van der Waals surface area contributed by atoms with Crippen LogP contribution in [0.3, 0.4) is 0 Å². The van der Waals surface area contributed by atoms with Gasteiger partial charge in [-0.2, -0.15) is 5.26 Å². The number of carbonyl (C=O) groups is 1. The topological polar surface area (TPSA) is 115 Å². The summed E-state index contributed by atoms with van der Waals surface area (Å²) in [5.41, 5.74) is 3.11. The predicted octanol–water partition coefficient (Wildman–Crippen LogP) is 4.05. The second-order valence-electron chi connectivity index (χ2n) is 8.10. The Kier molecular flexibility index (Phi) is 6.51. The number of nitrogen functional groups attached to an aromatic ring is 1. The Morgan fingerprint density at radius 1 is 1.22 bits per heavy atom. The lowest BCUT2D eigenvalue weighted by Crippen LogP contribution is -2.20. The molecule has 0 unspecified atom stereocenters. The average Bonchev–Trinajstić information content (AvgIpc) is 3.30. The Bertz CT molecular complexity index is 1150. The van der Waals surface area contributed by atoms with Gasteiger partial charge in [-0.05, 0) is 44.4 Å². The largest absolute Gasteiger partial charge is 0.336 e. The summed E-state index contributed by atoms with van der Waals surface area (Å²) < 4.78 is 3.43. The van der Waals surface area contributed by atoms with Crippen LogP contribution in [0.1, 0.15) is 60.7 Å². The Balaban J connectivity index is 1.50. The monoisotopic (exact) mass is 449 g/mol. The van der Waals surface area contributed by atoms with Gasteiger partial charge in [0.15, 0.2) is 5.82 Å². The zero-order valence-electron chi connectivity index (χ0n) is 18.3. The number of carbonyl (C=O) groups excluding carboxylic acids is 1. The van der Waals surface area contributed by atoms with Gasteiger partial charge in [0.05, 0.1) is 11.3 Å². The summed E-state index contributed by atoms with van der Waals surface area (Å²) >= 11 is 1.25. The van der Waals surface area contributed by atoms with Gasteiger partial charge in [0.1, 0.15) is 11.9 Å². The molecule has 2 aromatic heterocycles. The summed E-state index contributed by atoms with van der Waals surface area (Å²) in [5, 5.41) is 21.6. The minimum absolute atomic E-state index is 0.114. The van der Waals surface area contributed by atoms with Crippen molar-refractivity contribution < 1.29 is 4.79 Å². The van der Waals surface area contributed by atoms with Gasteiger partial charge >= 0.3 is 0 Å². The second kappa shape index (κ2) is 9.49. The van der Waals surface area contributed by atoms with Crippen LogP contribution in [0, 0.1) is 25.2 Å². The highest BCUT2D eigenvalue weighted by Crippen LogP contribution is 2.33. The van der Waals surface area contributed by atoms with E-state index >= 15 is 0 Å². The van der Waals surface area contributed by atoms with Crippen molar-refractivity contribution in [1.29, 1.82) is 5.26 Å². The van der Waals surface area contributed by atoms with Crippen molar-refractivity contribution in [3.63, 3.8) is 0 Å². The number of aromatic nitrogens is 4. The molecule has 9 heteroatoms. The standard InChI is InChI=1S/C23H27N7OS/c1-15-16(2)29(18-11-7-4-8-12-18)22(19(15)13-24)26-20(31)14-32-23-28-27-21(30(23)25)17-9-5-3-6-10-17/h4,7-8,11-12,17H,3,5-6,9-10,14,25H2,1-2H3,(H,26,31). The highest BCUT2D eigenvalue weighted by Gasteiger charge is 2.24. The van der Waals surface area contributed by atoms with Crippen LogP contribution >= 0.6 is 11.8 Å². The molecule has 32 heavy (non-hydrogen) atoms. The van der Waals surface area contributed by atoms with Gasteiger partial charge in [-0.15, -0.1) is 10.2 Å². The molecule has 2 heterocycles. The molecule has 1 amide bonds. The first-order valence-electron chi connectivity index (χ1n) is 10.8. The summed E-state index contributed by atoms with van der Waals surface area (Å²) in [6.45, 7) is 3.83. The van der Waals surface area contributed by atoms with Crippen LogP contribution < -0.4 is 11.2 Å². The highest BCUT2D eigenvalue weighted by molar-refractivity contribution is 7.99. The van der Waals surface area contributed by atoms with E-state index in [2.05, 4.69) is 21.6 Å². The number of anilines is 1. The predicted molar refractivity (Wildman–Crippen MR) is 125 cm³/mol. The molecule has 3 aromatic rings. The second-order valence-corrected chi connectivity index (χ2v) is 9.04. The van der Waals surface area contributed by atoms with Gasteiger partial charge in [0, 0.05) is 17.3 Å². The number of amides is 1. The first-order chi connectivity index (χ1) is 15.5. The number of para-hydroxylation sites is 1. The van der Waals surface area contributed by atoms with Crippen molar-refractivity contribution in [2.24, 2.45) is 0 Å². The number of thioether (sulfide) groups is 1. The number of nitrogens with one attached hydrogen (secondary N) is 1. The van der Waals surface area contributed by atoms with Gasteiger partial charge in [-0.25, -0.2) is 4.68 Å². The van der Waals surface area contributed by atoms with E-state index in [1.807, 2.05) is 48.7 Å². The van der Waals surface area contributed by atoms with Crippen LogP contribution in [-0.4, -0.2) is 31.1 Å². The number of hydrogen-bond donors (Lipinski definition) is 2. The number of nitrogens with two attached hydrogens (primary N) is 1. The summed E-state index contributed by atoms with van der Waals surface area (Å²) in [6, 6.07) is 11.9. The molecule has 166 valence electrons. The Morgan fingerprint density at radius 3 is 2.62 bits per heavy atom. The number of rotatable bonds is 6. The third kappa shape index (κ3) is 4.23. The average molecular weight is 450 g/mol. The number of benzene rings is 1. The zero-order valence-corrected chi connectivity index (χ0v) is 19.2. The molecule has 1 saturated carbocycles. The van der Waals surface area contributed by atoms with Crippen molar-refractivity contribution in [3.8, 4) is 11.8 Å². The van der Waals surface area contributed by atoms with E-state index in [9.17, 15) is 10.1 Å².